The van der Waals surface area contributed by atoms with Gasteiger partial charge in [0.05, 0.1) is 7.11 Å². The number of nitrogens with one attached hydrogen (secondary N) is 1. The van der Waals surface area contributed by atoms with Crippen molar-refractivity contribution >= 4 is 12.0 Å². The second-order valence-corrected chi connectivity index (χ2v) is 4.00. The van der Waals surface area contributed by atoms with Crippen LogP contribution in [0.25, 0.3) is 0 Å². The Morgan fingerprint density at radius 2 is 2.25 bits per heavy atom. The van der Waals surface area contributed by atoms with Gasteiger partial charge < -0.3 is 14.6 Å². The van der Waals surface area contributed by atoms with Crippen molar-refractivity contribution in [2.45, 2.75) is 33.2 Å². The lowest BCUT2D eigenvalue weighted by molar-refractivity contribution is -0.141. The van der Waals surface area contributed by atoms with E-state index in [1.54, 1.807) is 6.92 Å². The van der Waals surface area contributed by atoms with E-state index in [1.807, 2.05) is 13.8 Å². The quantitative estimate of drug-likeness (QED) is 0.766. The van der Waals surface area contributed by atoms with E-state index in [0.29, 0.717) is 18.2 Å². The SMILES string of the molecule is COC(=O)C(CC(C)C)Nc1nc(C)no1. The first-order valence-electron chi connectivity index (χ1n) is 5.17. The Morgan fingerprint density at radius 1 is 1.56 bits per heavy atom. The summed E-state index contributed by atoms with van der Waals surface area (Å²) in [4.78, 5) is 15.5. The molecular formula is C10H17N3O3. The van der Waals surface area contributed by atoms with E-state index < -0.39 is 6.04 Å². The molecule has 0 aliphatic carbocycles. The minimum absolute atomic E-state index is 0.244. The average molecular weight is 227 g/mol. The van der Waals surface area contributed by atoms with Gasteiger partial charge in [0.15, 0.2) is 5.82 Å². The number of rotatable bonds is 5. The fraction of sp³-hybridized carbons (Fsp3) is 0.700. The first kappa shape index (κ1) is 12.5. The molecule has 1 heterocycles. The fourth-order valence-electron chi connectivity index (χ4n) is 1.33. The van der Waals surface area contributed by atoms with Crippen LogP contribution >= 0.6 is 0 Å². The molecule has 0 radical (unpaired) electrons. The molecule has 0 aliphatic heterocycles. The van der Waals surface area contributed by atoms with Crippen LogP contribution in [0.2, 0.25) is 0 Å². The minimum Gasteiger partial charge on any atom is -0.467 e. The van der Waals surface area contributed by atoms with Crippen LogP contribution in [-0.4, -0.2) is 29.3 Å². The van der Waals surface area contributed by atoms with Crippen LogP contribution in [0.15, 0.2) is 4.52 Å². The third-order valence-corrected chi connectivity index (χ3v) is 2.02. The van der Waals surface area contributed by atoms with Crippen molar-refractivity contribution in [2.75, 3.05) is 12.4 Å². The van der Waals surface area contributed by atoms with Crippen molar-refractivity contribution in [1.82, 2.24) is 10.1 Å². The number of hydrogen-bond acceptors (Lipinski definition) is 6. The Kier molecular flexibility index (Phi) is 4.28. The summed E-state index contributed by atoms with van der Waals surface area (Å²) in [6.07, 6.45) is 0.647. The summed E-state index contributed by atoms with van der Waals surface area (Å²) in [5.74, 6) is 0.556. The third kappa shape index (κ3) is 3.52. The number of anilines is 1. The molecule has 6 nitrogen and oxygen atoms in total. The summed E-state index contributed by atoms with van der Waals surface area (Å²) < 4.78 is 9.59. The van der Waals surface area contributed by atoms with Crippen LogP contribution in [-0.2, 0) is 9.53 Å². The number of aromatic nitrogens is 2. The van der Waals surface area contributed by atoms with E-state index in [1.165, 1.54) is 7.11 Å². The van der Waals surface area contributed by atoms with Crippen molar-refractivity contribution in [3.05, 3.63) is 5.82 Å². The van der Waals surface area contributed by atoms with Gasteiger partial charge >= 0.3 is 12.0 Å². The predicted molar refractivity (Wildman–Crippen MR) is 57.9 cm³/mol. The summed E-state index contributed by atoms with van der Waals surface area (Å²) >= 11 is 0. The Labute approximate surface area is 94.4 Å². The van der Waals surface area contributed by atoms with Crippen LogP contribution in [0, 0.1) is 12.8 Å². The molecule has 1 aromatic heterocycles. The molecule has 1 rings (SSSR count). The van der Waals surface area contributed by atoms with Crippen LogP contribution in [0.5, 0.6) is 0 Å². The second kappa shape index (κ2) is 5.48. The Bertz CT molecular complexity index is 349. The first-order valence-corrected chi connectivity index (χ1v) is 5.17. The highest BCUT2D eigenvalue weighted by Gasteiger charge is 2.22. The highest BCUT2D eigenvalue weighted by molar-refractivity contribution is 5.78. The maximum Gasteiger partial charge on any atom is 0.328 e. The normalized spacial score (nSPS) is 12.6. The standard InChI is InChI=1S/C10H17N3O3/c1-6(2)5-8(9(14)15-4)12-10-11-7(3)13-16-10/h6,8H,5H2,1-4H3,(H,11,12,13). The lowest BCUT2D eigenvalue weighted by Gasteiger charge is -2.16. The predicted octanol–water partition coefficient (Wildman–Crippen LogP) is 1.38. The number of nitrogens with zero attached hydrogens (tertiary/aromatic N) is 2. The Balaban J connectivity index is 2.66. The van der Waals surface area contributed by atoms with Crippen LogP contribution < -0.4 is 5.32 Å². The minimum atomic E-state index is -0.454. The molecule has 0 amide bonds. The van der Waals surface area contributed by atoms with Gasteiger partial charge in [-0.3, -0.25) is 0 Å². The van der Waals surface area contributed by atoms with Crippen molar-refractivity contribution in [2.24, 2.45) is 5.92 Å². The molecule has 1 atom stereocenters. The number of ether oxygens (including phenoxy) is 1. The maximum atomic E-state index is 11.5. The molecule has 1 unspecified atom stereocenters. The lowest BCUT2D eigenvalue weighted by atomic mass is 10.0. The first-order chi connectivity index (χ1) is 7.52. The summed E-state index contributed by atoms with van der Waals surface area (Å²) in [5.41, 5.74) is 0. The largest absolute Gasteiger partial charge is 0.467 e. The fourth-order valence-corrected chi connectivity index (χ4v) is 1.33. The van der Waals surface area contributed by atoms with Crippen molar-refractivity contribution in [1.29, 1.82) is 0 Å². The van der Waals surface area contributed by atoms with Gasteiger partial charge in [-0.15, -0.1) is 0 Å². The molecule has 0 fully saturated rings. The number of aryl methyl sites for hydroxylation is 1. The zero-order valence-corrected chi connectivity index (χ0v) is 9.98. The van der Waals surface area contributed by atoms with E-state index in [-0.39, 0.29) is 12.0 Å². The highest BCUT2D eigenvalue weighted by Crippen LogP contribution is 2.12. The molecule has 1 N–H and O–H groups in total. The summed E-state index contributed by atoms with van der Waals surface area (Å²) in [6, 6.07) is -0.210. The van der Waals surface area contributed by atoms with E-state index in [0.717, 1.165) is 0 Å². The van der Waals surface area contributed by atoms with Gasteiger partial charge in [-0.05, 0) is 19.3 Å². The van der Waals surface area contributed by atoms with E-state index in [2.05, 4.69) is 15.5 Å². The number of carbonyl (C=O) groups excluding carboxylic acids is 1. The molecule has 0 spiro atoms. The van der Waals surface area contributed by atoms with Gasteiger partial charge in [-0.2, -0.15) is 4.98 Å². The zero-order valence-electron chi connectivity index (χ0n) is 9.98. The molecule has 0 saturated heterocycles. The lowest BCUT2D eigenvalue weighted by Crippen LogP contribution is -2.32. The van der Waals surface area contributed by atoms with Gasteiger partial charge in [-0.25, -0.2) is 4.79 Å². The van der Waals surface area contributed by atoms with Gasteiger partial charge in [0.1, 0.15) is 6.04 Å². The van der Waals surface area contributed by atoms with Gasteiger partial charge in [0.2, 0.25) is 0 Å². The Hall–Kier alpha value is -1.59. The second-order valence-electron chi connectivity index (χ2n) is 4.00. The monoisotopic (exact) mass is 227 g/mol. The van der Waals surface area contributed by atoms with Gasteiger partial charge in [0.25, 0.3) is 0 Å². The van der Waals surface area contributed by atoms with Gasteiger partial charge in [-0.1, -0.05) is 19.0 Å². The third-order valence-electron chi connectivity index (χ3n) is 2.02. The summed E-state index contributed by atoms with van der Waals surface area (Å²) in [5, 5.41) is 6.50. The number of hydrogen-bond donors (Lipinski definition) is 1. The molecule has 0 aliphatic rings. The number of methoxy groups -OCH3 is 1. The van der Waals surface area contributed by atoms with Crippen LogP contribution in [0.1, 0.15) is 26.1 Å². The molecule has 0 aromatic carbocycles. The zero-order chi connectivity index (χ0) is 12.1. The average Bonchev–Trinajstić information content (AvgIpc) is 2.61. The molecule has 0 bridgehead atoms. The van der Waals surface area contributed by atoms with Crippen molar-refractivity contribution in [3.8, 4) is 0 Å². The molecule has 16 heavy (non-hydrogen) atoms. The molecule has 1 aromatic rings. The molecular weight excluding hydrogens is 210 g/mol. The van der Waals surface area contributed by atoms with Crippen molar-refractivity contribution in [3.63, 3.8) is 0 Å². The Morgan fingerprint density at radius 3 is 2.69 bits per heavy atom. The molecule has 90 valence electrons. The summed E-state index contributed by atoms with van der Waals surface area (Å²) in [6.45, 7) is 5.76. The highest BCUT2D eigenvalue weighted by atomic mass is 16.5. The van der Waals surface area contributed by atoms with E-state index >= 15 is 0 Å². The summed E-state index contributed by atoms with van der Waals surface area (Å²) in [7, 11) is 1.36. The topological polar surface area (TPSA) is 77.2 Å². The van der Waals surface area contributed by atoms with E-state index in [9.17, 15) is 4.79 Å². The number of carbonyl (C=O) groups is 1. The molecule has 6 heteroatoms. The van der Waals surface area contributed by atoms with Crippen molar-refractivity contribution < 1.29 is 14.1 Å². The molecule has 0 saturated carbocycles. The van der Waals surface area contributed by atoms with Crippen LogP contribution in [0.3, 0.4) is 0 Å². The van der Waals surface area contributed by atoms with Crippen LogP contribution in [0.4, 0.5) is 6.01 Å². The van der Waals surface area contributed by atoms with E-state index in [4.69, 9.17) is 9.26 Å². The smallest absolute Gasteiger partial charge is 0.328 e. The maximum absolute atomic E-state index is 11.5. The number of esters is 1. The van der Waals surface area contributed by atoms with Gasteiger partial charge in [0, 0.05) is 0 Å².